The van der Waals surface area contributed by atoms with E-state index in [9.17, 15) is 13.6 Å². The van der Waals surface area contributed by atoms with Crippen molar-refractivity contribution in [1.82, 2.24) is 15.1 Å². The van der Waals surface area contributed by atoms with Crippen LogP contribution in [0.4, 0.5) is 14.5 Å². The van der Waals surface area contributed by atoms with E-state index in [1.54, 1.807) is 41.3 Å². The highest BCUT2D eigenvalue weighted by Gasteiger charge is 2.24. The topological polar surface area (TPSA) is 52.2 Å². The number of aromatic amines is 1. The van der Waals surface area contributed by atoms with E-state index in [-0.39, 0.29) is 17.5 Å². The molecule has 1 amide bonds. The molecule has 0 bridgehead atoms. The summed E-state index contributed by atoms with van der Waals surface area (Å²) < 4.78 is 27.0. The van der Waals surface area contributed by atoms with E-state index in [4.69, 9.17) is 0 Å². The molecule has 0 saturated carbocycles. The van der Waals surface area contributed by atoms with Crippen LogP contribution in [0.3, 0.4) is 0 Å². The van der Waals surface area contributed by atoms with Gasteiger partial charge in [-0.05, 0) is 42.5 Å². The number of benzene rings is 2. The number of piperazine rings is 1. The van der Waals surface area contributed by atoms with Gasteiger partial charge in [0.05, 0.1) is 11.4 Å². The third-order valence-electron chi connectivity index (χ3n) is 4.71. The monoisotopic (exact) mass is 368 g/mol. The van der Waals surface area contributed by atoms with Crippen LogP contribution in [0, 0.1) is 11.6 Å². The number of hydrogen-bond acceptors (Lipinski definition) is 3. The number of nitrogens with zero attached hydrogens (tertiary/aromatic N) is 3. The smallest absolute Gasteiger partial charge is 0.272 e. The molecule has 2 aromatic carbocycles. The first-order valence-electron chi connectivity index (χ1n) is 8.72. The van der Waals surface area contributed by atoms with Crippen LogP contribution in [0.15, 0.2) is 54.6 Å². The van der Waals surface area contributed by atoms with Crippen molar-refractivity contribution in [3.8, 4) is 11.3 Å². The first-order chi connectivity index (χ1) is 13.1. The number of amides is 1. The van der Waals surface area contributed by atoms with Gasteiger partial charge in [0.1, 0.15) is 17.3 Å². The standard InChI is InChI=1S/C20H18F2N4O/c21-15-7-5-14(6-8-15)17-13-18(24-23-17)20(27)26-11-9-25(10-12-26)19-4-2-1-3-16(19)22/h1-8,13H,9-12H2,(H,23,24). The molecule has 0 spiro atoms. The number of aromatic nitrogens is 2. The van der Waals surface area contributed by atoms with Crippen LogP contribution >= 0.6 is 0 Å². The van der Waals surface area contributed by atoms with Gasteiger partial charge in [0.2, 0.25) is 0 Å². The molecule has 0 unspecified atom stereocenters. The lowest BCUT2D eigenvalue weighted by atomic mass is 10.1. The Morgan fingerprint density at radius 3 is 2.37 bits per heavy atom. The van der Waals surface area contributed by atoms with Gasteiger partial charge in [-0.1, -0.05) is 12.1 Å². The maximum atomic E-state index is 13.9. The number of carbonyl (C=O) groups excluding carboxylic acids is 1. The van der Waals surface area contributed by atoms with Crippen LogP contribution in [0.5, 0.6) is 0 Å². The number of para-hydroxylation sites is 1. The highest BCUT2D eigenvalue weighted by Crippen LogP contribution is 2.22. The average Bonchev–Trinajstić information content (AvgIpc) is 3.19. The summed E-state index contributed by atoms with van der Waals surface area (Å²) in [6.45, 7) is 2.12. The molecule has 4 rings (SSSR count). The Morgan fingerprint density at radius 1 is 0.963 bits per heavy atom. The van der Waals surface area contributed by atoms with Gasteiger partial charge in [-0.3, -0.25) is 9.89 Å². The Hall–Kier alpha value is -3.22. The lowest BCUT2D eigenvalue weighted by Gasteiger charge is -2.36. The average molecular weight is 368 g/mol. The Morgan fingerprint density at radius 2 is 1.67 bits per heavy atom. The van der Waals surface area contributed by atoms with Crippen LogP contribution in [0.1, 0.15) is 10.5 Å². The summed E-state index contributed by atoms with van der Waals surface area (Å²) in [5, 5.41) is 6.91. The number of halogens is 2. The Kier molecular flexibility index (Phi) is 4.58. The van der Waals surface area contributed by atoms with E-state index in [0.29, 0.717) is 43.3 Å². The molecule has 1 saturated heterocycles. The van der Waals surface area contributed by atoms with Crippen molar-refractivity contribution in [3.63, 3.8) is 0 Å². The lowest BCUT2D eigenvalue weighted by Crippen LogP contribution is -2.49. The first-order valence-corrected chi connectivity index (χ1v) is 8.72. The molecule has 27 heavy (non-hydrogen) atoms. The minimum absolute atomic E-state index is 0.149. The fourth-order valence-corrected chi connectivity index (χ4v) is 3.23. The van der Waals surface area contributed by atoms with Crippen LogP contribution < -0.4 is 4.90 Å². The normalized spacial score (nSPS) is 14.4. The van der Waals surface area contributed by atoms with Gasteiger partial charge in [-0.25, -0.2) is 8.78 Å². The molecule has 1 N–H and O–H groups in total. The molecule has 1 aliphatic rings. The minimum atomic E-state index is -0.321. The van der Waals surface area contributed by atoms with Gasteiger partial charge in [0, 0.05) is 31.7 Å². The minimum Gasteiger partial charge on any atom is -0.366 e. The summed E-state index contributed by atoms with van der Waals surface area (Å²) in [5.41, 5.74) is 2.26. The van der Waals surface area contributed by atoms with Crippen molar-refractivity contribution < 1.29 is 13.6 Å². The predicted octanol–water partition coefficient (Wildman–Crippen LogP) is 3.32. The van der Waals surface area contributed by atoms with E-state index in [2.05, 4.69) is 10.2 Å². The van der Waals surface area contributed by atoms with Crippen LogP contribution in [0.2, 0.25) is 0 Å². The van der Waals surface area contributed by atoms with Crippen molar-refractivity contribution in [3.05, 3.63) is 71.9 Å². The molecule has 0 radical (unpaired) electrons. The second-order valence-corrected chi connectivity index (χ2v) is 6.40. The van der Waals surface area contributed by atoms with E-state index >= 15 is 0 Å². The number of H-pyrrole nitrogens is 1. The van der Waals surface area contributed by atoms with Crippen LogP contribution in [-0.2, 0) is 0 Å². The van der Waals surface area contributed by atoms with Crippen molar-refractivity contribution in [2.24, 2.45) is 0 Å². The quantitative estimate of drug-likeness (QED) is 0.772. The molecule has 0 aliphatic carbocycles. The van der Waals surface area contributed by atoms with Gasteiger partial charge >= 0.3 is 0 Å². The van der Waals surface area contributed by atoms with Crippen molar-refractivity contribution >= 4 is 11.6 Å². The zero-order valence-corrected chi connectivity index (χ0v) is 14.5. The highest BCUT2D eigenvalue weighted by molar-refractivity contribution is 5.93. The first kappa shape index (κ1) is 17.2. The summed E-state index contributed by atoms with van der Waals surface area (Å²) in [6, 6.07) is 14.3. The number of carbonyl (C=O) groups is 1. The summed E-state index contributed by atoms with van der Waals surface area (Å²) >= 11 is 0. The zero-order chi connectivity index (χ0) is 18.8. The van der Waals surface area contributed by atoms with Gasteiger partial charge in [0.25, 0.3) is 5.91 Å². The summed E-state index contributed by atoms with van der Waals surface area (Å²) in [5.74, 6) is -0.725. The number of nitrogens with one attached hydrogen (secondary N) is 1. The molecule has 0 atom stereocenters. The predicted molar refractivity (Wildman–Crippen MR) is 98.5 cm³/mol. The molecule has 7 heteroatoms. The van der Waals surface area contributed by atoms with Gasteiger partial charge < -0.3 is 9.80 Å². The maximum Gasteiger partial charge on any atom is 0.272 e. The third-order valence-corrected chi connectivity index (χ3v) is 4.71. The van der Waals surface area contributed by atoms with E-state index in [1.807, 2.05) is 4.90 Å². The number of hydrogen-bond donors (Lipinski definition) is 1. The molecule has 138 valence electrons. The number of rotatable bonds is 3. The largest absolute Gasteiger partial charge is 0.366 e. The second-order valence-electron chi connectivity index (χ2n) is 6.40. The maximum absolute atomic E-state index is 13.9. The van der Waals surface area contributed by atoms with Crippen LogP contribution in [-0.4, -0.2) is 47.2 Å². The summed E-state index contributed by atoms with van der Waals surface area (Å²) in [4.78, 5) is 16.4. The SMILES string of the molecule is O=C(c1cc(-c2ccc(F)cc2)n[nH]1)N1CCN(c2ccccc2F)CC1. The van der Waals surface area contributed by atoms with Crippen molar-refractivity contribution in [2.75, 3.05) is 31.1 Å². The molecule has 1 aromatic heterocycles. The zero-order valence-electron chi connectivity index (χ0n) is 14.5. The Balaban J connectivity index is 1.43. The molecule has 1 aliphatic heterocycles. The fraction of sp³-hybridized carbons (Fsp3) is 0.200. The summed E-state index contributed by atoms with van der Waals surface area (Å²) in [7, 11) is 0. The Labute approximate surface area is 155 Å². The molecular formula is C20H18F2N4O. The summed E-state index contributed by atoms with van der Waals surface area (Å²) in [6.07, 6.45) is 0. The third kappa shape index (κ3) is 3.53. The lowest BCUT2D eigenvalue weighted by molar-refractivity contribution is 0.0740. The number of anilines is 1. The second kappa shape index (κ2) is 7.19. The molecule has 3 aromatic rings. The van der Waals surface area contributed by atoms with Crippen molar-refractivity contribution in [1.29, 1.82) is 0 Å². The van der Waals surface area contributed by atoms with E-state index in [1.165, 1.54) is 18.2 Å². The van der Waals surface area contributed by atoms with E-state index < -0.39 is 0 Å². The fourth-order valence-electron chi connectivity index (χ4n) is 3.23. The van der Waals surface area contributed by atoms with Crippen molar-refractivity contribution in [2.45, 2.75) is 0 Å². The Bertz CT molecular complexity index is 947. The highest BCUT2D eigenvalue weighted by atomic mass is 19.1. The molecule has 5 nitrogen and oxygen atoms in total. The van der Waals surface area contributed by atoms with Crippen LogP contribution in [0.25, 0.3) is 11.3 Å². The molecular weight excluding hydrogens is 350 g/mol. The van der Waals surface area contributed by atoms with Gasteiger partial charge in [-0.15, -0.1) is 0 Å². The molecule has 1 fully saturated rings. The van der Waals surface area contributed by atoms with Gasteiger partial charge in [-0.2, -0.15) is 5.10 Å². The van der Waals surface area contributed by atoms with Gasteiger partial charge in [0.15, 0.2) is 0 Å². The molecule has 2 heterocycles. The van der Waals surface area contributed by atoms with E-state index in [0.717, 1.165) is 5.56 Å².